The smallest absolute Gasteiger partial charge is 0.231 e. The predicted octanol–water partition coefficient (Wildman–Crippen LogP) is 3.96. The summed E-state index contributed by atoms with van der Waals surface area (Å²) >= 11 is 0. The zero-order valence-electron chi connectivity index (χ0n) is 16.2. The lowest BCUT2D eigenvalue weighted by Crippen LogP contribution is -2.47. The number of hydrogen-bond donors (Lipinski definition) is 0. The van der Waals surface area contributed by atoms with Crippen LogP contribution in [0.3, 0.4) is 0 Å². The van der Waals surface area contributed by atoms with Gasteiger partial charge in [0.15, 0.2) is 11.5 Å². The van der Waals surface area contributed by atoms with Crippen LogP contribution in [0.15, 0.2) is 30.3 Å². The second-order valence-corrected chi connectivity index (χ2v) is 6.94. The summed E-state index contributed by atoms with van der Waals surface area (Å²) in [6, 6.07) is 9.75. The van der Waals surface area contributed by atoms with Crippen LogP contribution in [0, 0.1) is 5.92 Å². The summed E-state index contributed by atoms with van der Waals surface area (Å²) in [6.07, 6.45) is 0. The number of methoxy groups -OCH3 is 3. The molecule has 27 heavy (non-hydrogen) atoms. The first kappa shape index (κ1) is 17.8. The van der Waals surface area contributed by atoms with Crippen molar-refractivity contribution < 1.29 is 28.4 Å². The molecule has 3 atom stereocenters. The molecule has 0 bridgehead atoms. The molecule has 2 aromatic rings. The van der Waals surface area contributed by atoms with Gasteiger partial charge in [-0.05, 0) is 12.1 Å². The summed E-state index contributed by atoms with van der Waals surface area (Å²) in [4.78, 5) is 0. The lowest BCUT2D eigenvalue weighted by molar-refractivity contribution is -0.194. The first-order valence-electron chi connectivity index (χ1n) is 8.90. The van der Waals surface area contributed by atoms with Gasteiger partial charge in [0.2, 0.25) is 12.6 Å². The van der Waals surface area contributed by atoms with E-state index in [1.54, 1.807) is 21.3 Å². The second kappa shape index (κ2) is 6.53. The van der Waals surface area contributed by atoms with E-state index in [1.165, 1.54) is 0 Å². The van der Waals surface area contributed by atoms with Gasteiger partial charge in [0.05, 0.1) is 14.2 Å². The molecule has 0 fully saturated rings. The van der Waals surface area contributed by atoms with Crippen molar-refractivity contribution in [1.29, 1.82) is 0 Å². The fraction of sp³-hybridized carbons (Fsp3) is 0.429. The van der Waals surface area contributed by atoms with Crippen LogP contribution in [0.5, 0.6) is 28.7 Å². The molecule has 0 unspecified atom stereocenters. The molecule has 2 heterocycles. The molecule has 6 heteroatoms. The standard InChI is InChI=1S/C21H24O6/c1-12-20(14-7-6-13(22-3)8-16(14)23-4)15-9-18-19(26-11-25-18)10-17(15)27-21(12,2)24-5/h6-10,12,20H,11H2,1-5H3/t12-,20+,21-/m0/s1. The van der Waals surface area contributed by atoms with Gasteiger partial charge < -0.3 is 28.4 Å². The summed E-state index contributed by atoms with van der Waals surface area (Å²) in [7, 11) is 4.97. The van der Waals surface area contributed by atoms with Crippen molar-refractivity contribution in [3.8, 4) is 28.7 Å². The maximum Gasteiger partial charge on any atom is 0.231 e. The van der Waals surface area contributed by atoms with Crippen LogP contribution in [0.4, 0.5) is 0 Å². The van der Waals surface area contributed by atoms with E-state index in [4.69, 9.17) is 28.4 Å². The van der Waals surface area contributed by atoms with E-state index in [9.17, 15) is 0 Å². The quantitative estimate of drug-likeness (QED) is 0.810. The highest BCUT2D eigenvalue weighted by Crippen LogP contribution is 2.53. The molecule has 2 aliphatic heterocycles. The summed E-state index contributed by atoms with van der Waals surface area (Å²) in [5.74, 6) is 2.84. The van der Waals surface area contributed by atoms with Gasteiger partial charge in [0.25, 0.3) is 0 Å². The molecule has 0 saturated heterocycles. The van der Waals surface area contributed by atoms with Gasteiger partial charge in [-0.1, -0.05) is 13.0 Å². The van der Waals surface area contributed by atoms with Crippen molar-refractivity contribution >= 4 is 0 Å². The van der Waals surface area contributed by atoms with Gasteiger partial charge in [-0.25, -0.2) is 0 Å². The maximum absolute atomic E-state index is 6.25. The van der Waals surface area contributed by atoms with E-state index < -0.39 is 5.79 Å². The highest BCUT2D eigenvalue weighted by molar-refractivity contribution is 5.58. The van der Waals surface area contributed by atoms with Crippen LogP contribution in [0.2, 0.25) is 0 Å². The number of ether oxygens (including phenoxy) is 6. The van der Waals surface area contributed by atoms with E-state index in [-0.39, 0.29) is 18.6 Å². The third-order valence-corrected chi connectivity index (χ3v) is 5.66. The predicted molar refractivity (Wildman–Crippen MR) is 99.2 cm³/mol. The van der Waals surface area contributed by atoms with Crippen LogP contribution in [0.25, 0.3) is 0 Å². The summed E-state index contributed by atoms with van der Waals surface area (Å²) in [5.41, 5.74) is 2.06. The lowest BCUT2D eigenvalue weighted by atomic mass is 9.75. The van der Waals surface area contributed by atoms with Crippen LogP contribution < -0.4 is 23.7 Å². The van der Waals surface area contributed by atoms with Crippen molar-refractivity contribution in [2.75, 3.05) is 28.1 Å². The average molecular weight is 372 g/mol. The van der Waals surface area contributed by atoms with Crippen molar-refractivity contribution in [3.05, 3.63) is 41.5 Å². The first-order chi connectivity index (χ1) is 13.0. The third kappa shape index (κ3) is 2.75. The molecular formula is C21H24O6. The molecule has 0 spiro atoms. The van der Waals surface area contributed by atoms with Crippen molar-refractivity contribution in [2.24, 2.45) is 5.92 Å². The minimum Gasteiger partial charge on any atom is -0.497 e. The molecule has 2 aliphatic rings. The van der Waals surface area contributed by atoms with Crippen molar-refractivity contribution in [1.82, 2.24) is 0 Å². The van der Waals surface area contributed by atoms with Crippen LogP contribution >= 0.6 is 0 Å². The molecule has 0 saturated carbocycles. The fourth-order valence-corrected chi connectivity index (χ4v) is 3.89. The van der Waals surface area contributed by atoms with Crippen molar-refractivity contribution in [2.45, 2.75) is 25.6 Å². The number of benzene rings is 2. The lowest BCUT2D eigenvalue weighted by Gasteiger charge is -2.44. The number of fused-ring (bicyclic) bond motifs is 2. The number of hydrogen-bond acceptors (Lipinski definition) is 6. The topological polar surface area (TPSA) is 55.4 Å². The Morgan fingerprint density at radius 3 is 2.33 bits per heavy atom. The molecule has 2 aromatic carbocycles. The molecule has 144 valence electrons. The van der Waals surface area contributed by atoms with Gasteiger partial charge in [-0.3, -0.25) is 0 Å². The van der Waals surface area contributed by atoms with Gasteiger partial charge >= 0.3 is 0 Å². The van der Waals surface area contributed by atoms with E-state index in [0.29, 0.717) is 5.75 Å². The normalized spacial score (nSPS) is 25.5. The van der Waals surface area contributed by atoms with Gasteiger partial charge in [0, 0.05) is 49.1 Å². The minimum absolute atomic E-state index is 0.0117. The molecule has 0 N–H and O–H groups in total. The van der Waals surface area contributed by atoms with Crippen LogP contribution in [-0.4, -0.2) is 33.9 Å². The zero-order chi connectivity index (χ0) is 19.2. The minimum atomic E-state index is -0.795. The molecule has 6 nitrogen and oxygen atoms in total. The zero-order valence-corrected chi connectivity index (χ0v) is 16.2. The Balaban J connectivity index is 1.91. The molecular weight excluding hydrogens is 348 g/mol. The fourth-order valence-electron chi connectivity index (χ4n) is 3.89. The van der Waals surface area contributed by atoms with Gasteiger partial charge in [0.1, 0.15) is 17.2 Å². The Morgan fingerprint density at radius 2 is 1.67 bits per heavy atom. The Kier molecular flexibility index (Phi) is 4.30. The highest BCUT2D eigenvalue weighted by atomic mass is 16.7. The van der Waals surface area contributed by atoms with E-state index in [2.05, 4.69) is 6.92 Å². The van der Waals surface area contributed by atoms with E-state index in [0.717, 1.165) is 34.1 Å². The first-order valence-corrected chi connectivity index (χ1v) is 8.90. The van der Waals surface area contributed by atoms with Crippen LogP contribution in [-0.2, 0) is 4.74 Å². The molecule has 0 aromatic heterocycles. The second-order valence-electron chi connectivity index (χ2n) is 6.94. The Labute approximate surface area is 158 Å². The SMILES string of the molecule is COc1ccc([C@@H]2c3cc4c(cc3O[C@](C)(OC)[C@H]2C)OCO4)c(OC)c1. The van der Waals surface area contributed by atoms with Gasteiger partial charge in [-0.15, -0.1) is 0 Å². The maximum atomic E-state index is 6.25. The van der Waals surface area contributed by atoms with Gasteiger partial charge in [-0.2, -0.15) is 0 Å². The molecule has 0 aliphatic carbocycles. The monoisotopic (exact) mass is 372 g/mol. The molecule has 0 radical (unpaired) electrons. The van der Waals surface area contributed by atoms with Crippen LogP contribution in [0.1, 0.15) is 30.9 Å². The molecule has 0 amide bonds. The van der Waals surface area contributed by atoms with E-state index in [1.807, 2.05) is 37.3 Å². The highest BCUT2D eigenvalue weighted by Gasteiger charge is 2.47. The average Bonchev–Trinajstić information content (AvgIpc) is 3.14. The molecule has 4 rings (SSSR count). The third-order valence-electron chi connectivity index (χ3n) is 5.66. The summed E-state index contributed by atoms with van der Waals surface area (Å²) < 4.78 is 34.2. The van der Waals surface area contributed by atoms with E-state index >= 15 is 0 Å². The van der Waals surface area contributed by atoms with Crippen molar-refractivity contribution in [3.63, 3.8) is 0 Å². The largest absolute Gasteiger partial charge is 0.497 e. The number of rotatable bonds is 4. The Morgan fingerprint density at radius 1 is 0.926 bits per heavy atom. The Bertz CT molecular complexity index is 864. The Hall–Kier alpha value is -2.60. The summed E-state index contributed by atoms with van der Waals surface area (Å²) in [5, 5.41) is 0. The summed E-state index contributed by atoms with van der Waals surface area (Å²) in [6.45, 7) is 4.28.